The van der Waals surface area contributed by atoms with Gasteiger partial charge in [-0.05, 0) is 32.1 Å². The minimum atomic E-state index is -0.590. The number of rotatable bonds is 4. The molecule has 0 aromatic rings. The molecule has 0 aliphatic heterocycles. The van der Waals surface area contributed by atoms with Crippen molar-refractivity contribution in [1.82, 2.24) is 15.5 Å². The summed E-state index contributed by atoms with van der Waals surface area (Å²) in [7, 11) is 5.39. The first-order valence-corrected chi connectivity index (χ1v) is 8.84. The molecule has 2 rings (SSSR count). The molecule has 23 heavy (non-hydrogen) atoms. The van der Waals surface area contributed by atoms with Crippen LogP contribution in [0.1, 0.15) is 51.4 Å². The Morgan fingerprint density at radius 2 is 1.96 bits per heavy atom. The van der Waals surface area contributed by atoms with E-state index in [1.807, 2.05) is 14.1 Å². The highest BCUT2D eigenvalue weighted by atomic mass is 16.3. The molecule has 2 atom stereocenters. The van der Waals surface area contributed by atoms with Gasteiger partial charge in [0.25, 0.3) is 0 Å². The first kappa shape index (κ1) is 18.0. The number of hydrogen-bond donors (Lipinski definition) is 3. The first-order chi connectivity index (χ1) is 10.9. The Bertz CT molecular complexity index is 430. The van der Waals surface area contributed by atoms with E-state index in [0.29, 0.717) is 6.54 Å². The van der Waals surface area contributed by atoms with Crippen molar-refractivity contribution in [3.05, 3.63) is 0 Å². The van der Waals surface area contributed by atoms with Gasteiger partial charge in [-0.2, -0.15) is 0 Å². The lowest BCUT2D eigenvalue weighted by Crippen LogP contribution is -2.50. The SMILES string of the molecule is CN=C(NCC1(O)CCCC1)NC1CCCC(C(=O)N(C)C)C1. The molecule has 0 aromatic heterocycles. The molecule has 2 unspecified atom stereocenters. The van der Waals surface area contributed by atoms with Crippen LogP contribution in [-0.2, 0) is 4.79 Å². The number of guanidine groups is 1. The summed E-state index contributed by atoms with van der Waals surface area (Å²) < 4.78 is 0. The Morgan fingerprint density at radius 1 is 1.26 bits per heavy atom. The number of hydrogen-bond acceptors (Lipinski definition) is 3. The highest BCUT2D eigenvalue weighted by molar-refractivity contribution is 5.81. The average molecular weight is 324 g/mol. The highest BCUT2D eigenvalue weighted by Gasteiger charge is 2.32. The monoisotopic (exact) mass is 324 g/mol. The summed E-state index contributed by atoms with van der Waals surface area (Å²) in [6.07, 6.45) is 7.86. The molecule has 0 bridgehead atoms. The smallest absolute Gasteiger partial charge is 0.225 e. The Labute approximate surface area is 139 Å². The van der Waals surface area contributed by atoms with Gasteiger partial charge in [0.05, 0.1) is 5.60 Å². The van der Waals surface area contributed by atoms with Gasteiger partial charge in [0.2, 0.25) is 5.91 Å². The van der Waals surface area contributed by atoms with Gasteiger partial charge in [-0.3, -0.25) is 9.79 Å². The van der Waals surface area contributed by atoms with Crippen LogP contribution in [0.2, 0.25) is 0 Å². The van der Waals surface area contributed by atoms with Gasteiger partial charge < -0.3 is 20.6 Å². The number of aliphatic hydroxyl groups is 1. The second-order valence-electron chi connectivity index (χ2n) is 7.29. The van der Waals surface area contributed by atoms with Gasteiger partial charge in [0, 0.05) is 39.6 Å². The fourth-order valence-electron chi connectivity index (χ4n) is 3.76. The average Bonchev–Trinajstić information content (AvgIpc) is 2.98. The van der Waals surface area contributed by atoms with Crippen LogP contribution in [0.4, 0.5) is 0 Å². The molecule has 2 aliphatic rings. The van der Waals surface area contributed by atoms with Crippen molar-refractivity contribution in [3.63, 3.8) is 0 Å². The zero-order valence-electron chi connectivity index (χ0n) is 14.8. The zero-order chi connectivity index (χ0) is 16.9. The molecule has 0 radical (unpaired) electrons. The van der Waals surface area contributed by atoms with Crippen LogP contribution in [0.15, 0.2) is 4.99 Å². The van der Waals surface area contributed by atoms with E-state index >= 15 is 0 Å². The van der Waals surface area contributed by atoms with Crippen LogP contribution in [0.5, 0.6) is 0 Å². The van der Waals surface area contributed by atoms with Crippen LogP contribution >= 0.6 is 0 Å². The van der Waals surface area contributed by atoms with E-state index in [2.05, 4.69) is 15.6 Å². The molecular weight excluding hydrogens is 292 g/mol. The lowest BCUT2D eigenvalue weighted by atomic mass is 9.85. The van der Waals surface area contributed by atoms with Crippen molar-refractivity contribution in [1.29, 1.82) is 0 Å². The third-order valence-corrected chi connectivity index (χ3v) is 5.15. The minimum Gasteiger partial charge on any atom is -0.388 e. The quantitative estimate of drug-likeness (QED) is 0.535. The molecule has 0 heterocycles. The molecule has 0 saturated heterocycles. The fraction of sp³-hybridized carbons (Fsp3) is 0.882. The van der Waals surface area contributed by atoms with Crippen molar-refractivity contribution in [2.24, 2.45) is 10.9 Å². The summed E-state index contributed by atoms with van der Waals surface area (Å²) in [6.45, 7) is 0.541. The molecule has 6 nitrogen and oxygen atoms in total. The Hall–Kier alpha value is -1.30. The molecule has 0 spiro atoms. The molecule has 1 amide bonds. The van der Waals surface area contributed by atoms with E-state index in [4.69, 9.17) is 0 Å². The summed E-state index contributed by atoms with van der Waals surface area (Å²) in [6, 6.07) is 0.266. The maximum atomic E-state index is 12.2. The van der Waals surface area contributed by atoms with Crippen LogP contribution in [0, 0.1) is 5.92 Å². The van der Waals surface area contributed by atoms with Crippen LogP contribution in [0.25, 0.3) is 0 Å². The van der Waals surface area contributed by atoms with Gasteiger partial charge in [0.1, 0.15) is 0 Å². The van der Waals surface area contributed by atoms with E-state index in [-0.39, 0.29) is 17.9 Å². The minimum absolute atomic E-state index is 0.105. The molecule has 2 fully saturated rings. The first-order valence-electron chi connectivity index (χ1n) is 8.84. The van der Waals surface area contributed by atoms with Gasteiger partial charge in [-0.15, -0.1) is 0 Å². The Morgan fingerprint density at radius 3 is 2.57 bits per heavy atom. The van der Waals surface area contributed by atoms with E-state index in [0.717, 1.165) is 57.3 Å². The predicted octanol–water partition coefficient (Wildman–Crippen LogP) is 1.10. The van der Waals surface area contributed by atoms with E-state index in [9.17, 15) is 9.90 Å². The Balaban J connectivity index is 1.82. The van der Waals surface area contributed by atoms with Crippen molar-refractivity contribution >= 4 is 11.9 Å². The fourth-order valence-corrected chi connectivity index (χ4v) is 3.76. The third-order valence-electron chi connectivity index (χ3n) is 5.15. The van der Waals surface area contributed by atoms with Gasteiger partial charge >= 0.3 is 0 Å². The number of carbonyl (C=O) groups excluding carboxylic acids is 1. The topological polar surface area (TPSA) is 77.0 Å². The lowest BCUT2D eigenvalue weighted by Gasteiger charge is -2.32. The van der Waals surface area contributed by atoms with Gasteiger partial charge in [-0.1, -0.05) is 19.3 Å². The van der Waals surface area contributed by atoms with Gasteiger partial charge in [-0.25, -0.2) is 0 Å². The summed E-state index contributed by atoms with van der Waals surface area (Å²) in [4.78, 5) is 18.1. The third kappa shape index (κ3) is 5.09. The van der Waals surface area contributed by atoms with E-state index < -0.39 is 5.60 Å². The number of carbonyl (C=O) groups is 1. The summed E-state index contributed by atoms with van der Waals surface area (Å²) in [5.74, 6) is 1.06. The predicted molar refractivity (Wildman–Crippen MR) is 92.4 cm³/mol. The second-order valence-corrected chi connectivity index (χ2v) is 7.29. The largest absolute Gasteiger partial charge is 0.388 e. The van der Waals surface area contributed by atoms with Crippen LogP contribution in [0.3, 0.4) is 0 Å². The summed E-state index contributed by atoms with van der Waals surface area (Å²) in [5.41, 5.74) is -0.590. The van der Waals surface area contributed by atoms with E-state index in [1.165, 1.54) is 0 Å². The van der Waals surface area contributed by atoms with Crippen molar-refractivity contribution in [2.45, 2.75) is 63.0 Å². The molecule has 6 heteroatoms. The number of amides is 1. The van der Waals surface area contributed by atoms with Crippen LogP contribution in [-0.4, -0.2) is 61.2 Å². The van der Waals surface area contributed by atoms with Crippen molar-refractivity contribution < 1.29 is 9.90 Å². The standard InChI is InChI=1S/C17H32N4O2/c1-18-16(19-12-17(23)9-4-5-10-17)20-14-8-6-7-13(11-14)15(22)21(2)3/h13-14,23H,4-12H2,1-3H3,(H2,18,19,20). The number of nitrogens with zero attached hydrogens (tertiary/aromatic N) is 2. The van der Waals surface area contributed by atoms with Crippen molar-refractivity contribution in [3.8, 4) is 0 Å². The van der Waals surface area contributed by atoms with Crippen LogP contribution < -0.4 is 10.6 Å². The van der Waals surface area contributed by atoms with Crippen molar-refractivity contribution in [2.75, 3.05) is 27.7 Å². The van der Waals surface area contributed by atoms with Gasteiger partial charge in [0.15, 0.2) is 5.96 Å². The molecule has 2 saturated carbocycles. The normalized spacial score (nSPS) is 27.6. The molecule has 3 N–H and O–H groups in total. The number of aliphatic imine (C=N–C) groups is 1. The molecular formula is C17H32N4O2. The summed E-state index contributed by atoms with van der Waals surface area (Å²) in [5, 5.41) is 17.1. The lowest BCUT2D eigenvalue weighted by molar-refractivity contribution is -0.134. The molecule has 132 valence electrons. The second kappa shape index (κ2) is 7.99. The molecule has 0 aromatic carbocycles. The van der Waals surface area contributed by atoms with E-state index in [1.54, 1.807) is 11.9 Å². The summed E-state index contributed by atoms with van der Waals surface area (Å²) >= 11 is 0. The maximum Gasteiger partial charge on any atom is 0.225 e. The molecule has 2 aliphatic carbocycles. The highest BCUT2D eigenvalue weighted by Crippen LogP contribution is 2.28. The number of nitrogens with one attached hydrogen (secondary N) is 2. The Kier molecular flexibility index (Phi) is 6.27. The zero-order valence-corrected chi connectivity index (χ0v) is 14.8. The maximum absolute atomic E-state index is 12.2.